The summed E-state index contributed by atoms with van der Waals surface area (Å²) < 4.78 is 0. The molecule has 0 saturated carbocycles. The van der Waals surface area contributed by atoms with Gasteiger partial charge in [0.05, 0.1) is 22.5 Å². The topological polar surface area (TPSA) is 99.3 Å². The van der Waals surface area contributed by atoms with E-state index >= 15 is 0 Å². The summed E-state index contributed by atoms with van der Waals surface area (Å²) in [6.45, 7) is 5.86. The minimum Gasteiger partial charge on any atom is -0.478 e. The lowest BCUT2D eigenvalue weighted by Gasteiger charge is -2.05. The number of carbonyl (C=O) groups is 2. The number of carboxylic acids is 2. The Bertz CT molecular complexity index is 793. The molecule has 0 aromatic heterocycles. The monoisotopic (exact) mass is 312 g/mol. The Hall–Kier alpha value is -3.02. The zero-order valence-electron chi connectivity index (χ0n) is 13.0. The zero-order chi connectivity index (χ0) is 17.1. The smallest absolute Gasteiger partial charge is 0.335 e. The van der Waals surface area contributed by atoms with Crippen LogP contribution in [0.4, 0.5) is 11.4 Å². The van der Waals surface area contributed by atoms with Crippen molar-refractivity contribution in [3.05, 3.63) is 58.1 Å². The van der Waals surface area contributed by atoms with Crippen LogP contribution in [-0.4, -0.2) is 22.2 Å². The van der Waals surface area contributed by atoms with Crippen molar-refractivity contribution in [2.24, 2.45) is 10.2 Å². The molecular weight excluding hydrogens is 296 g/mol. The number of hydrogen-bond donors (Lipinski definition) is 2. The average molecular weight is 312 g/mol. The molecule has 0 aliphatic carbocycles. The van der Waals surface area contributed by atoms with Gasteiger partial charge in [-0.3, -0.25) is 0 Å². The molecular formula is C17H16N2O4. The number of benzene rings is 2. The maximum absolute atomic E-state index is 11.1. The lowest BCUT2D eigenvalue weighted by Crippen LogP contribution is -2.01. The third kappa shape index (κ3) is 3.79. The first-order valence-corrected chi connectivity index (χ1v) is 6.89. The number of aryl methyl sites for hydroxylation is 3. The van der Waals surface area contributed by atoms with Crippen LogP contribution < -0.4 is 0 Å². The quantitative estimate of drug-likeness (QED) is 0.816. The number of nitrogens with zero attached hydrogens (tertiary/aromatic N) is 2. The molecule has 0 amide bonds. The van der Waals surface area contributed by atoms with Gasteiger partial charge in [0.25, 0.3) is 0 Å². The van der Waals surface area contributed by atoms with E-state index in [0.29, 0.717) is 5.69 Å². The van der Waals surface area contributed by atoms with Gasteiger partial charge in [0, 0.05) is 0 Å². The summed E-state index contributed by atoms with van der Waals surface area (Å²) in [5.74, 6) is -2.43. The van der Waals surface area contributed by atoms with Crippen LogP contribution in [0, 0.1) is 20.8 Å². The van der Waals surface area contributed by atoms with Gasteiger partial charge in [-0.25, -0.2) is 9.59 Å². The first-order chi connectivity index (χ1) is 10.8. The van der Waals surface area contributed by atoms with Crippen LogP contribution in [-0.2, 0) is 0 Å². The Balaban J connectivity index is 2.45. The van der Waals surface area contributed by atoms with Gasteiger partial charge >= 0.3 is 11.9 Å². The van der Waals surface area contributed by atoms with Crippen LogP contribution in [0.1, 0.15) is 37.4 Å². The standard InChI is InChI=1S/C17H16N2O4/c1-9-4-11(3)15(5-10(9)2)19-18-14-7-12(16(20)21)6-13(8-14)17(22)23/h4-8H,1-3H3,(H,20,21)(H,22,23). The Morgan fingerprint density at radius 1 is 0.739 bits per heavy atom. The summed E-state index contributed by atoms with van der Waals surface area (Å²) in [5, 5.41) is 26.2. The average Bonchev–Trinajstić information content (AvgIpc) is 2.49. The van der Waals surface area contributed by atoms with Gasteiger partial charge in [-0.15, -0.1) is 0 Å². The maximum Gasteiger partial charge on any atom is 0.335 e. The molecule has 0 bridgehead atoms. The predicted octanol–water partition coefficient (Wildman–Crippen LogP) is 4.42. The number of hydrogen-bond acceptors (Lipinski definition) is 4. The summed E-state index contributed by atoms with van der Waals surface area (Å²) in [5.41, 5.74) is 3.69. The summed E-state index contributed by atoms with van der Waals surface area (Å²) in [4.78, 5) is 22.1. The fourth-order valence-electron chi connectivity index (χ4n) is 2.08. The first kappa shape index (κ1) is 16.4. The molecule has 0 aliphatic rings. The number of rotatable bonds is 4. The SMILES string of the molecule is Cc1cc(C)c(N=Nc2cc(C(=O)O)cc(C(=O)O)c2)cc1C. The second kappa shape index (κ2) is 6.39. The molecule has 0 heterocycles. The van der Waals surface area contributed by atoms with Crippen molar-refractivity contribution in [3.63, 3.8) is 0 Å². The molecule has 6 heteroatoms. The van der Waals surface area contributed by atoms with Crippen LogP contribution >= 0.6 is 0 Å². The molecule has 0 aliphatic heterocycles. The summed E-state index contributed by atoms with van der Waals surface area (Å²) in [6, 6.07) is 7.53. The van der Waals surface area contributed by atoms with Gasteiger partial charge in [-0.1, -0.05) is 6.07 Å². The molecule has 2 aromatic carbocycles. The molecule has 0 atom stereocenters. The fraction of sp³-hybridized carbons (Fsp3) is 0.176. The van der Waals surface area contributed by atoms with Crippen LogP contribution in [0.15, 0.2) is 40.6 Å². The predicted molar refractivity (Wildman–Crippen MR) is 85.2 cm³/mol. The van der Waals surface area contributed by atoms with E-state index in [1.54, 1.807) is 0 Å². The highest BCUT2D eigenvalue weighted by atomic mass is 16.4. The van der Waals surface area contributed by atoms with Gasteiger partial charge in [-0.2, -0.15) is 10.2 Å². The van der Waals surface area contributed by atoms with E-state index in [0.717, 1.165) is 22.8 Å². The molecule has 0 fully saturated rings. The van der Waals surface area contributed by atoms with Gasteiger partial charge in [0.15, 0.2) is 0 Å². The number of azo groups is 1. The minimum atomic E-state index is -1.22. The zero-order valence-corrected chi connectivity index (χ0v) is 13.0. The molecule has 2 rings (SSSR count). The summed E-state index contributed by atoms with van der Waals surface area (Å²) >= 11 is 0. The van der Waals surface area contributed by atoms with E-state index in [1.807, 2.05) is 32.9 Å². The van der Waals surface area contributed by atoms with E-state index in [-0.39, 0.29) is 16.8 Å². The van der Waals surface area contributed by atoms with E-state index in [9.17, 15) is 9.59 Å². The fourth-order valence-corrected chi connectivity index (χ4v) is 2.08. The molecule has 2 aromatic rings. The van der Waals surface area contributed by atoms with Crippen molar-refractivity contribution >= 4 is 23.3 Å². The Morgan fingerprint density at radius 2 is 1.26 bits per heavy atom. The summed E-state index contributed by atoms with van der Waals surface area (Å²) in [6.07, 6.45) is 0. The third-order valence-corrected chi connectivity index (χ3v) is 3.50. The Labute approximate surface area is 133 Å². The van der Waals surface area contributed by atoms with E-state index < -0.39 is 11.9 Å². The highest BCUT2D eigenvalue weighted by Crippen LogP contribution is 2.26. The van der Waals surface area contributed by atoms with Gasteiger partial charge in [-0.05, 0) is 61.7 Å². The van der Waals surface area contributed by atoms with Crippen LogP contribution in [0.25, 0.3) is 0 Å². The molecule has 0 unspecified atom stereocenters. The highest BCUT2D eigenvalue weighted by Gasteiger charge is 2.11. The molecule has 118 valence electrons. The van der Waals surface area contributed by atoms with E-state index in [2.05, 4.69) is 10.2 Å². The molecule has 23 heavy (non-hydrogen) atoms. The normalized spacial score (nSPS) is 10.9. The minimum absolute atomic E-state index is 0.143. The second-order valence-electron chi connectivity index (χ2n) is 5.30. The van der Waals surface area contributed by atoms with Crippen molar-refractivity contribution < 1.29 is 19.8 Å². The molecule has 6 nitrogen and oxygen atoms in total. The molecule has 0 radical (unpaired) electrons. The van der Waals surface area contributed by atoms with Crippen molar-refractivity contribution in [2.45, 2.75) is 20.8 Å². The van der Waals surface area contributed by atoms with Crippen molar-refractivity contribution in [3.8, 4) is 0 Å². The van der Waals surface area contributed by atoms with Crippen LogP contribution in [0.3, 0.4) is 0 Å². The largest absolute Gasteiger partial charge is 0.478 e. The first-order valence-electron chi connectivity index (χ1n) is 6.89. The lowest BCUT2D eigenvalue weighted by molar-refractivity contribution is 0.0696. The summed E-state index contributed by atoms with van der Waals surface area (Å²) in [7, 11) is 0. The van der Waals surface area contributed by atoms with Gasteiger partial charge in [0.2, 0.25) is 0 Å². The number of carboxylic acid groups (broad SMARTS) is 2. The van der Waals surface area contributed by atoms with E-state index in [4.69, 9.17) is 10.2 Å². The van der Waals surface area contributed by atoms with Crippen molar-refractivity contribution in [2.75, 3.05) is 0 Å². The molecule has 2 N–H and O–H groups in total. The second-order valence-corrected chi connectivity index (χ2v) is 5.30. The van der Waals surface area contributed by atoms with Crippen molar-refractivity contribution in [1.29, 1.82) is 0 Å². The third-order valence-electron chi connectivity index (χ3n) is 3.50. The van der Waals surface area contributed by atoms with E-state index in [1.165, 1.54) is 12.1 Å². The van der Waals surface area contributed by atoms with Gasteiger partial charge < -0.3 is 10.2 Å². The lowest BCUT2D eigenvalue weighted by atomic mass is 10.1. The van der Waals surface area contributed by atoms with Crippen molar-refractivity contribution in [1.82, 2.24) is 0 Å². The van der Waals surface area contributed by atoms with Gasteiger partial charge in [0.1, 0.15) is 0 Å². The molecule has 0 saturated heterocycles. The van der Waals surface area contributed by atoms with Crippen LogP contribution in [0.2, 0.25) is 0 Å². The molecule has 0 spiro atoms. The van der Waals surface area contributed by atoms with Crippen LogP contribution in [0.5, 0.6) is 0 Å². The maximum atomic E-state index is 11.1. The Morgan fingerprint density at radius 3 is 1.78 bits per heavy atom. The number of aromatic carboxylic acids is 2. The Kier molecular flexibility index (Phi) is 4.55. The highest BCUT2D eigenvalue weighted by molar-refractivity contribution is 5.95.